The Morgan fingerprint density at radius 2 is 2.14 bits per heavy atom. The fourth-order valence-electron chi connectivity index (χ4n) is 1.51. The second-order valence-electron chi connectivity index (χ2n) is 4.08. The SMILES string of the molecule is CNC(=O)CN(C)S(=O)(=O)c1ccc(F)cc1C#CCN. The number of amides is 1. The minimum Gasteiger partial charge on any atom is -0.358 e. The van der Waals surface area contributed by atoms with Gasteiger partial charge in [-0.3, -0.25) is 4.79 Å². The summed E-state index contributed by atoms with van der Waals surface area (Å²) in [6.45, 7) is -0.329. The number of carbonyl (C=O) groups is 1. The van der Waals surface area contributed by atoms with Crippen LogP contribution in [0, 0.1) is 17.7 Å². The second-order valence-corrected chi connectivity index (χ2v) is 6.09. The first-order valence-corrected chi connectivity index (χ1v) is 7.42. The molecule has 1 amide bonds. The van der Waals surface area contributed by atoms with E-state index in [2.05, 4.69) is 17.2 Å². The number of likely N-dealkylation sites (N-methyl/N-ethyl adjacent to an activating group) is 2. The molecule has 1 aromatic rings. The van der Waals surface area contributed by atoms with Gasteiger partial charge < -0.3 is 11.1 Å². The van der Waals surface area contributed by atoms with Gasteiger partial charge in [0.2, 0.25) is 15.9 Å². The zero-order valence-electron chi connectivity index (χ0n) is 11.7. The highest BCUT2D eigenvalue weighted by Crippen LogP contribution is 2.19. The maximum absolute atomic E-state index is 13.3. The number of nitrogens with two attached hydrogens (primary N) is 1. The molecule has 21 heavy (non-hydrogen) atoms. The molecule has 0 aliphatic heterocycles. The van der Waals surface area contributed by atoms with Gasteiger partial charge in [-0.1, -0.05) is 11.8 Å². The van der Waals surface area contributed by atoms with E-state index in [9.17, 15) is 17.6 Å². The molecule has 1 aromatic carbocycles. The molecular weight excluding hydrogens is 297 g/mol. The van der Waals surface area contributed by atoms with Crippen LogP contribution in [0.4, 0.5) is 4.39 Å². The summed E-state index contributed by atoms with van der Waals surface area (Å²) in [6, 6.07) is 3.16. The maximum Gasteiger partial charge on any atom is 0.244 e. The number of sulfonamides is 1. The summed E-state index contributed by atoms with van der Waals surface area (Å²) < 4.78 is 38.9. The van der Waals surface area contributed by atoms with Crippen molar-refractivity contribution in [1.82, 2.24) is 9.62 Å². The average molecular weight is 313 g/mol. The highest BCUT2D eigenvalue weighted by atomic mass is 32.2. The average Bonchev–Trinajstić information content (AvgIpc) is 2.44. The van der Waals surface area contributed by atoms with Crippen molar-refractivity contribution in [3.63, 3.8) is 0 Å². The van der Waals surface area contributed by atoms with Gasteiger partial charge in [0.05, 0.1) is 18.0 Å². The fourth-order valence-corrected chi connectivity index (χ4v) is 2.76. The van der Waals surface area contributed by atoms with Crippen molar-refractivity contribution >= 4 is 15.9 Å². The number of halogens is 1. The summed E-state index contributed by atoms with van der Waals surface area (Å²) in [5.41, 5.74) is 5.24. The minimum absolute atomic E-state index is 0.00390. The summed E-state index contributed by atoms with van der Waals surface area (Å²) in [5.74, 6) is 3.94. The van der Waals surface area contributed by atoms with Gasteiger partial charge in [0, 0.05) is 19.7 Å². The van der Waals surface area contributed by atoms with Gasteiger partial charge in [0.1, 0.15) is 5.82 Å². The molecule has 114 valence electrons. The van der Waals surface area contributed by atoms with Gasteiger partial charge in [-0.2, -0.15) is 4.31 Å². The summed E-state index contributed by atoms with van der Waals surface area (Å²) in [4.78, 5) is 11.1. The van der Waals surface area contributed by atoms with Crippen molar-refractivity contribution in [3.8, 4) is 11.8 Å². The first-order valence-electron chi connectivity index (χ1n) is 5.98. The van der Waals surface area contributed by atoms with Crippen LogP contribution in [0.5, 0.6) is 0 Å². The molecule has 0 unspecified atom stereocenters. The Bertz CT molecular complexity index is 692. The maximum atomic E-state index is 13.3. The Morgan fingerprint density at radius 1 is 1.48 bits per heavy atom. The van der Waals surface area contributed by atoms with E-state index in [1.54, 1.807) is 0 Å². The van der Waals surface area contributed by atoms with Crippen LogP contribution >= 0.6 is 0 Å². The summed E-state index contributed by atoms with van der Waals surface area (Å²) >= 11 is 0. The van der Waals surface area contributed by atoms with Crippen molar-refractivity contribution in [3.05, 3.63) is 29.6 Å². The minimum atomic E-state index is -3.96. The number of nitrogens with one attached hydrogen (secondary N) is 1. The van der Waals surface area contributed by atoms with E-state index in [0.29, 0.717) is 0 Å². The Hall–Kier alpha value is -1.95. The molecule has 0 aromatic heterocycles. The molecule has 0 radical (unpaired) electrons. The highest BCUT2D eigenvalue weighted by molar-refractivity contribution is 7.89. The lowest BCUT2D eigenvalue weighted by atomic mass is 10.2. The van der Waals surface area contributed by atoms with Crippen LogP contribution < -0.4 is 11.1 Å². The van der Waals surface area contributed by atoms with Gasteiger partial charge in [-0.25, -0.2) is 12.8 Å². The van der Waals surface area contributed by atoms with Gasteiger partial charge in [0.15, 0.2) is 0 Å². The van der Waals surface area contributed by atoms with E-state index in [4.69, 9.17) is 5.73 Å². The molecule has 0 spiro atoms. The third-order valence-corrected chi connectivity index (χ3v) is 4.46. The molecule has 8 heteroatoms. The van der Waals surface area contributed by atoms with Crippen molar-refractivity contribution in [2.24, 2.45) is 5.73 Å². The lowest BCUT2D eigenvalue weighted by molar-refractivity contribution is -0.120. The predicted molar refractivity (Wildman–Crippen MR) is 76.2 cm³/mol. The van der Waals surface area contributed by atoms with Gasteiger partial charge in [-0.15, -0.1) is 0 Å². The molecule has 6 nitrogen and oxygen atoms in total. The summed E-state index contributed by atoms with van der Waals surface area (Å²) in [6.07, 6.45) is 0. The number of nitrogens with zero attached hydrogens (tertiary/aromatic N) is 1. The zero-order chi connectivity index (χ0) is 16.0. The zero-order valence-corrected chi connectivity index (χ0v) is 12.5. The van der Waals surface area contributed by atoms with Crippen molar-refractivity contribution in [2.75, 3.05) is 27.2 Å². The molecule has 0 aliphatic carbocycles. The molecule has 0 saturated heterocycles. The Labute approximate surface area is 123 Å². The van der Waals surface area contributed by atoms with E-state index in [-0.39, 0.29) is 23.5 Å². The summed E-state index contributed by atoms with van der Waals surface area (Å²) in [5, 5.41) is 2.33. The number of rotatable bonds is 4. The summed E-state index contributed by atoms with van der Waals surface area (Å²) in [7, 11) is -1.30. The second kappa shape index (κ2) is 7.17. The third kappa shape index (κ3) is 4.26. The van der Waals surface area contributed by atoms with E-state index in [1.165, 1.54) is 14.1 Å². The molecule has 0 bridgehead atoms. The lowest BCUT2D eigenvalue weighted by Crippen LogP contribution is -2.37. The third-order valence-electron chi connectivity index (χ3n) is 2.60. The largest absolute Gasteiger partial charge is 0.358 e. The van der Waals surface area contributed by atoms with Crippen LogP contribution in [0.3, 0.4) is 0 Å². The van der Waals surface area contributed by atoms with Crippen LogP contribution in [-0.4, -0.2) is 45.8 Å². The van der Waals surface area contributed by atoms with Crippen LogP contribution in [0.15, 0.2) is 23.1 Å². The smallest absolute Gasteiger partial charge is 0.244 e. The Kier molecular flexibility index (Phi) is 5.84. The number of hydrogen-bond donors (Lipinski definition) is 2. The number of carbonyl (C=O) groups excluding carboxylic acids is 1. The van der Waals surface area contributed by atoms with E-state index in [1.807, 2.05) is 0 Å². The van der Waals surface area contributed by atoms with Crippen molar-refractivity contribution < 1.29 is 17.6 Å². The van der Waals surface area contributed by atoms with Gasteiger partial charge in [-0.05, 0) is 18.2 Å². The normalized spacial score (nSPS) is 10.9. The molecule has 1 rings (SSSR count). The van der Waals surface area contributed by atoms with Gasteiger partial charge >= 0.3 is 0 Å². The highest BCUT2D eigenvalue weighted by Gasteiger charge is 2.25. The molecule has 0 aliphatic rings. The quantitative estimate of drug-likeness (QED) is 0.733. The molecule has 0 saturated carbocycles. The van der Waals surface area contributed by atoms with Gasteiger partial charge in [0.25, 0.3) is 0 Å². The molecule has 0 fully saturated rings. The molecule has 0 atom stereocenters. The van der Waals surface area contributed by atoms with Crippen molar-refractivity contribution in [2.45, 2.75) is 4.90 Å². The Balaban J connectivity index is 3.28. The van der Waals surface area contributed by atoms with Crippen LogP contribution in [0.1, 0.15) is 5.56 Å². The first-order chi connectivity index (χ1) is 9.82. The van der Waals surface area contributed by atoms with E-state index in [0.717, 1.165) is 22.5 Å². The fraction of sp³-hybridized carbons (Fsp3) is 0.308. The standard InChI is InChI=1S/C13H16FN3O3S/c1-16-13(18)9-17(2)21(19,20)12-6-5-11(14)8-10(12)4-3-7-15/h5-6,8H,7,9,15H2,1-2H3,(H,16,18). The van der Waals surface area contributed by atoms with E-state index < -0.39 is 21.7 Å². The molecule has 3 N–H and O–H groups in total. The first kappa shape index (κ1) is 17.1. The predicted octanol–water partition coefficient (Wildman–Crippen LogP) is -0.498. The van der Waals surface area contributed by atoms with Crippen LogP contribution in [-0.2, 0) is 14.8 Å². The number of benzene rings is 1. The lowest BCUT2D eigenvalue weighted by Gasteiger charge is -2.17. The van der Waals surface area contributed by atoms with Crippen LogP contribution in [0.2, 0.25) is 0 Å². The van der Waals surface area contributed by atoms with Crippen molar-refractivity contribution in [1.29, 1.82) is 0 Å². The van der Waals surface area contributed by atoms with Crippen LogP contribution in [0.25, 0.3) is 0 Å². The molecule has 0 heterocycles. The topological polar surface area (TPSA) is 92.5 Å². The molecular formula is C13H16FN3O3S. The van der Waals surface area contributed by atoms with E-state index >= 15 is 0 Å². The Morgan fingerprint density at radius 3 is 2.71 bits per heavy atom. The monoisotopic (exact) mass is 313 g/mol. The number of hydrogen-bond acceptors (Lipinski definition) is 4.